The standard InChI is InChI=1S/C15H13N3O3S2/c1-22-11-6-4-10(5-7-11)16-13(19)9-18-15(20)21-14(17-18)12-3-2-8-23-12/h2-8H,9H2,1H3,(H,16,19). The molecule has 6 nitrogen and oxygen atoms in total. The van der Waals surface area contributed by atoms with Crippen LogP contribution in [0.2, 0.25) is 0 Å². The van der Waals surface area contributed by atoms with Crippen molar-refractivity contribution in [3.05, 3.63) is 52.3 Å². The summed E-state index contributed by atoms with van der Waals surface area (Å²) in [6, 6.07) is 11.1. The molecule has 118 valence electrons. The van der Waals surface area contributed by atoms with Crippen molar-refractivity contribution in [2.75, 3.05) is 11.6 Å². The number of nitrogens with zero attached hydrogens (tertiary/aromatic N) is 2. The van der Waals surface area contributed by atoms with Gasteiger partial charge in [0, 0.05) is 10.6 Å². The van der Waals surface area contributed by atoms with E-state index >= 15 is 0 Å². The molecular formula is C15H13N3O3S2. The zero-order valence-electron chi connectivity index (χ0n) is 12.2. The van der Waals surface area contributed by atoms with Gasteiger partial charge in [0.05, 0.1) is 4.88 Å². The molecule has 1 aromatic carbocycles. The van der Waals surface area contributed by atoms with Crippen LogP contribution in [-0.4, -0.2) is 21.9 Å². The molecule has 0 aliphatic carbocycles. The topological polar surface area (TPSA) is 77.1 Å². The van der Waals surface area contributed by atoms with Gasteiger partial charge >= 0.3 is 5.76 Å². The van der Waals surface area contributed by atoms with E-state index in [1.807, 2.05) is 42.0 Å². The summed E-state index contributed by atoms with van der Waals surface area (Å²) in [4.78, 5) is 25.6. The van der Waals surface area contributed by atoms with E-state index in [1.165, 1.54) is 11.3 Å². The molecule has 0 bridgehead atoms. The molecule has 1 N–H and O–H groups in total. The molecule has 2 aromatic heterocycles. The molecule has 1 amide bonds. The molecule has 0 saturated heterocycles. The lowest BCUT2D eigenvalue weighted by molar-refractivity contribution is -0.117. The van der Waals surface area contributed by atoms with Gasteiger partial charge in [-0.2, -0.15) is 4.68 Å². The Labute approximate surface area is 140 Å². The van der Waals surface area contributed by atoms with E-state index in [2.05, 4.69) is 10.4 Å². The van der Waals surface area contributed by atoms with Crippen LogP contribution in [0.4, 0.5) is 5.69 Å². The van der Waals surface area contributed by atoms with Gasteiger partial charge in [-0.3, -0.25) is 4.79 Å². The zero-order valence-corrected chi connectivity index (χ0v) is 13.8. The molecule has 23 heavy (non-hydrogen) atoms. The maximum atomic E-state index is 12.0. The Morgan fingerprint density at radius 2 is 2.13 bits per heavy atom. The fraction of sp³-hybridized carbons (Fsp3) is 0.133. The highest BCUT2D eigenvalue weighted by Gasteiger charge is 2.13. The third kappa shape index (κ3) is 3.72. The number of carbonyl (C=O) groups excluding carboxylic acids is 1. The van der Waals surface area contributed by atoms with E-state index in [9.17, 15) is 9.59 Å². The first-order chi connectivity index (χ1) is 11.2. The summed E-state index contributed by atoms with van der Waals surface area (Å²) in [6.07, 6.45) is 1.98. The molecule has 0 aliphatic rings. The number of hydrogen-bond acceptors (Lipinski definition) is 6. The zero-order chi connectivity index (χ0) is 16.2. The number of rotatable bonds is 5. The van der Waals surface area contributed by atoms with Crippen molar-refractivity contribution in [1.82, 2.24) is 9.78 Å². The molecule has 0 radical (unpaired) electrons. The van der Waals surface area contributed by atoms with Gasteiger partial charge < -0.3 is 9.73 Å². The first-order valence-corrected chi connectivity index (χ1v) is 8.82. The van der Waals surface area contributed by atoms with Gasteiger partial charge in [-0.25, -0.2) is 4.79 Å². The van der Waals surface area contributed by atoms with Crippen LogP contribution in [0.5, 0.6) is 0 Å². The summed E-state index contributed by atoms with van der Waals surface area (Å²) in [7, 11) is 0. The number of carbonyl (C=O) groups is 1. The molecule has 0 atom stereocenters. The monoisotopic (exact) mass is 347 g/mol. The molecule has 2 heterocycles. The Hall–Kier alpha value is -2.32. The average molecular weight is 347 g/mol. The van der Waals surface area contributed by atoms with Crippen LogP contribution < -0.4 is 11.1 Å². The number of thioether (sulfide) groups is 1. The van der Waals surface area contributed by atoms with Crippen molar-refractivity contribution in [2.24, 2.45) is 0 Å². The van der Waals surface area contributed by atoms with Crippen molar-refractivity contribution in [2.45, 2.75) is 11.4 Å². The molecule has 0 spiro atoms. The SMILES string of the molecule is CSc1ccc(NC(=O)Cn2nc(-c3cccs3)oc2=O)cc1. The number of aromatic nitrogens is 2. The Morgan fingerprint density at radius 3 is 2.78 bits per heavy atom. The highest BCUT2D eigenvalue weighted by atomic mass is 32.2. The van der Waals surface area contributed by atoms with E-state index in [0.717, 1.165) is 14.5 Å². The maximum Gasteiger partial charge on any atom is 0.437 e. The highest BCUT2D eigenvalue weighted by molar-refractivity contribution is 7.98. The lowest BCUT2D eigenvalue weighted by atomic mass is 10.3. The smallest absolute Gasteiger partial charge is 0.387 e. The van der Waals surface area contributed by atoms with Gasteiger partial charge in [0.1, 0.15) is 6.54 Å². The van der Waals surface area contributed by atoms with Crippen LogP contribution in [0.3, 0.4) is 0 Å². The van der Waals surface area contributed by atoms with Gasteiger partial charge in [-0.1, -0.05) is 6.07 Å². The number of thiophene rings is 1. The highest BCUT2D eigenvalue weighted by Crippen LogP contribution is 2.21. The summed E-state index contributed by atoms with van der Waals surface area (Å²) in [6.45, 7) is -0.196. The predicted molar refractivity (Wildman–Crippen MR) is 90.9 cm³/mol. The van der Waals surface area contributed by atoms with E-state index in [0.29, 0.717) is 5.69 Å². The predicted octanol–water partition coefficient (Wildman–Crippen LogP) is 2.93. The van der Waals surface area contributed by atoms with Crippen LogP contribution in [-0.2, 0) is 11.3 Å². The lowest BCUT2D eigenvalue weighted by Crippen LogP contribution is -2.25. The van der Waals surface area contributed by atoms with Crippen LogP contribution in [0, 0.1) is 0 Å². The van der Waals surface area contributed by atoms with Crippen molar-refractivity contribution in [3.8, 4) is 10.8 Å². The van der Waals surface area contributed by atoms with E-state index in [4.69, 9.17) is 4.42 Å². The number of anilines is 1. The molecule has 0 unspecified atom stereocenters. The van der Waals surface area contributed by atoms with Crippen LogP contribution in [0.15, 0.2) is 55.9 Å². The summed E-state index contributed by atoms with van der Waals surface area (Å²) >= 11 is 3.03. The molecule has 0 saturated carbocycles. The third-order valence-electron chi connectivity index (χ3n) is 3.01. The fourth-order valence-corrected chi connectivity index (χ4v) is 2.97. The Bertz CT molecular complexity index is 851. The van der Waals surface area contributed by atoms with Crippen molar-refractivity contribution in [1.29, 1.82) is 0 Å². The van der Waals surface area contributed by atoms with Gasteiger partial charge in [0.25, 0.3) is 5.89 Å². The van der Waals surface area contributed by atoms with Gasteiger partial charge in [0.2, 0.25) is 5.91 Å². The summed E-state index contributed by atoms with van der Waals surface area (Å²) in [5, 5.41) is 8.63. The Morgan fingerprint density at radius 1 is 1.35 bits per heavy atom. The summed E-state index contributed by atoms with van der Waals surface area (Å²) in [5.41, 5.74) is 0.669. The van der Waals surface area contributed by atoms with Crippen LogP contribution in [0.25, 0.3) is 10.8 Å². The van der Waals surface area contributed by atoms with E-state index in [-0.39, 0.29) is 18.3 Å². The maximum absolute atomic E-state index is 12.0. The number of hydrogen-bond donors (Lipinski definition) is 1. The fourth-order valence-electron chi connectivity index (χ4n) is 1.92. The van der Waals surface area contributed by atoms with Gasteiger partial charge in [-0.15, -0.1) is 28.2 Å². The number of benzene rings is 1. The second-order valence-electron chi connectivity index (χ2n) is 4.58. The largest absolute Gasteiger partial charge is 0.437 e. The molecule has 3 aromatic rings. The normalized spacial score (nSPS) is 10.7. The first-order valence-electron chi connectivity index (χ1n) is 6.71. The third-order valence-corrected chi connectivity index (χ3v) is 4.61. The van der Waals surface area contributed by atoms with Gasteiger partial charge in [0.15, 0.2) is 0 Å². The molecule has 3 rings (SSSR count). The average Bonchev–Trinajstić information content (AvgIpc) is 3.18. The number of nitrogens with one attached hydrogen (secondary N) is 1. The molecule has 8 heteroatoms. The van der Waals surface area contributed by atoms with Crippen molar-refractivity contribution in [3.63, 3.8) is 0 Å². The first kappa shape index (κ1) is 15.6. The van der Waals surface area contributed by atoms with Crippen molar-refractivity contribution >= 4 is 34.7 Å². The molecule has 0 aliphatic heterocycles. The van der Waals surface area contributed by atoms with E-state index in [1.54, 1.807) is 17.8 Å². The lowest BCUT2D eigenvalue weighted by Gasteiger charge is -2.05. The molecular weight excluding hydrogens is 334 g/mol. The summed E-state index contributed by atoms with van der Waals surface area (Å²) < 4.78 is 6.08. The van der Waals surface area contributed by atoms with Crippen molar-refractivity contribution < 1.29 is 9.21 Å². The second-order valence-corrected chi connectivity index (χ2v) is 6.41. The van der Waals surface area contributed by atoms with Gasteiger partial charge in [-0.05, 0) is 42.0 Å². The van der Waals surface area contributed by atoms with Crippen LogP contribution >= 0.6 is 23.1 Å². The molecule has 0 fully saturated rings. The quantitative estimate of drug-likeness (QED) is 0.718. The number of amides is 1. The second kappa shape index (κ2) is 6.84. The Kier molecular flexibility index (Phi) is 4.63. The van der Waals surface area contributed by atoms with E-state index < -0.39 is 5.76 Å². The minimum atomic E-state index is -0.652. The van der Waals surface area contributed by atoms with Crippen LogP contribution in [0.1, 0.15) is 0 Å². The Balaban J connectivity index is 1.69. The minimum absolute atomic E-state index is 0.196. The summed E-state index contributed by atoms with van der Waals surface area (Å²) in [5.74, 6) is -0.765. The minimum Gasteiger partial charge on any atom is -0.387 e.